The second kappa shape index (κ2) is 4.78. The zero-order valence-corrected chi connectivity index (χ0v) is 10.6. The largest absolute Gasteiger partial charge is 0.331 e. The molecule has 0 unspecified atom stereocenters. The van der Waals surface area contributed by atoms with E-state index < -0.39 is 0 Å². The van der Waals surface area contributed by atoms with Gasteiger partial charge in [-0.3, -0.25) is 0 Å². The number of carbonyl (C=O) groups is 1. The third-order valence-corrected chi connectivity index (χ3v) is 3.02. The van der Waals surface area contributed by atoms with E-state index >= 15 is 0 Å². The minimum absolute atomic E-state index is 0.380. The van der Waals surface area contributed by atoms with E-state index in [2.05, 4.69) is 27.2 Å². The van der Waals surface area contributed by atoms with Gasteiger partial charge >= 0.3 is 5.97 Å². The van der Waals surface area contributed by atoms with E-state index in [1.807, 2.05) is 12.1 Å². The lowest BCUT2D eigenvalue weighted by molar-refractivity contribution is -0.140. The summed E-state index contributed by atoms with van der Waals surface area (Å²) in [5.74, 6) is -0.380. The number of benzene rings is 1. The average molecular weight is 282 g/mol. The van der Waals surface area contributed by atoms with Crippen molar-refractivity contribution in [2.75, 3.05) is 0 Å². The van der Waals surface area contributed by atoms with Gasteiger partial charge in [0.25, 0.3) is 0 Å². The second-order valence-electron chi connectivity index (χ2n) is 3.78. The van der Waals surface area contributed by atoms with Crippen LogP contribution in [0.2, 0.25) is 0 Å². The average Bonchev–Trinajstić information content (AvgIpc) is 2.26. The Morgan fingerprint density at radius 3 is 3.00 bits per heavy atom. The monoisotopic (exact) mass is 281 g/mol. The summed E-state index contributed by atoms with van der Waals surface area (Å²) >= 11 is 3.44. The summed E-state index contributed by atoms with van der Waals surface area (Å²) in [7, 11) is 0. The Morgan fingerprint density at radius 2 is 2.25 bits per heavy atom. The Hall–Kier alpha value is -1.16. The quantitative estimate of drug-likeness (QED) is 0.586. The van der Waals surface area contributed by atoms with Gasteiger partial charge in [-0.2, -0.15) is 0 Å². The number of halogens is 1. The number of aryl methyl sites for hydroxylation is 1. The van der Waals surface area contributed by atoms with Crippen LogP contribution in [0.5, 0.6) is 0 Å². The minimum Gasteiger partial charge on any atom is -0.318 e. The van der Waals surface area contributed by atoms with Crippen molar-refractivity contribution < 1.29 is 9.63 Å². The first-order valence-electron chi connectivity index (χ1n) is 5.20. The standard InChI is InChI=1S/C12H12BrNO2/c1-8(15)16-14-12-4-2-3-9-5-6-10(13)7-11(9)12/h5-7H,2-4H2,1H3/b14-12+. The number of rotatable bonds is 1. The summed E-state index contributed by atoms with van der Waals surface area (Å²) < 4.78 is 1.02. The highest BCUT2D eigenvalue weighted by Crippen LogP contribution is 2.25. The van der Waals surface area contributed by atoms with E-state index in [4.69, 9.17) is 4.84 Å². The van der Waals surface area contributed by atoms with E-state index in [0.717, 1.165) is 35.0 Å². The molecule has 4 heteroatoms. The molecule has 2 rings (SSSR count). The first-order valence-corrected chi connectivity index (χ1v) is 5.99. The Bertz CT molecular complexity index is 454. The SMILES string of the molecule is CC(=O)O/N=C1\CCCc2ccc(Br)cc21. The van der Waals surface area contributed by atoms with E-state index in [-0.39, 0.29) is 5.97 Å². The fourth-order valence-corrected chi connectivity index (χ4v) is 2.19. The summed E-state index contributed by atoms with van der Waals surface area (Å²) in [6.45, 7) is 1.36. The third-order valence-electron chi connectivity index (χ3n) is 2.53. The summed E-state index contributed by atoms with van der Waals surface area (Å²) in [6, 6.07) is 6.13. The van der Waals surface area contributed by atoms with Gasteiger partial charge in [0, 0.05) is 17.0 Å². The Kier molecular flexibility index (Phi) is 3.39. The smallest absolute Gasteiger partial charge is 0.318 e. The summed E-state index contributed by atoms with van der Waals surface area (Å²) in [6.07, 6.45) is 2.97. The van der Waals surface area contributed by atoms with Gasteiger partial charge in [0.15, 0.2) is 0 Å². The molecule has 0 radical (unpaired) electrons. The van der Waals surface area contributed by atoms with Crippen LogP contribution in [0, 0.1) is 0 Å². The molecule has 1 aliphatic carbocycles. The molecule has 0 atom stereocenters. The molecule has 0 saturated carbocycles. The first-order chi connectivity index (χ1) is 7.66. The van der Waals surface area contributed by atoms with E-state index in [0.29, 0.717) is 0 Å². The molecule has 16 heavy (non-hydrogen) atoms. The molecule has 0 aromatic heterocycles. The molecule has 0 bridgehead atoms. The van der Waals surface area contributed by atoms with Crippen molar-refractivity contribution in [1.82, 2.24) is 0 Å². The maximum atomic E-state index is 10.7. The molecule has 84 valence electrons. The van der Waals surface area contributed by atoms with Crippen LogP contribution < -0.4 is 0 Å². The molecular weight excluding hydrogens is 270 g/mol. The highest BCUT2D eigenvalue weighted by Gasteiger charge is 2.16. The Balaban J connectivity index is 2.35. The molecule has 0 spiro atoms. The molecule has 1 aliphatic rings. The first kappa shape index (κ1) is 11.3. The number of hydrogen-bond donors (Lipinski definition) is 0. The molecule has 1 aromatic carbocycles. The van der Waals surface area contributed by atoms with Crippen molar-refractivity contribution >= 4 is 27.6 Å². The summed E-state index contributed by atoms with van der Waals surface area (Å²) in [5, 5.41) is 3.91. The summed E-state index contributed by atoms with van der Waals surface area (Å²) in [4.78, 5) is 15.4. The molecule has 0 heterocycles. The molecule has 0 fully saturated rings. The molecule has 1 aromatic rings. The lowest BCUT2D eigenvalue weighted by Gasteiger charge is -2.17. The van der Waals surface area contributed by atoms with Crippen LogP contribution >= 0.6 is 15.9 Å². The van der Waals surface area contributed by atoms with E-state index in [1.165, 1.54) is 12.5 Å². The molecule has 3 nitrogen and oxygen atoms in total. The number of fused-ring (bicyclic) bond motifs is 1. The lowest BCUT2D eigenvalue weighted by atomic mass is 9.90. The molecule has 0 saturated heterocycles. The van der Waals surface area contributed by atoms with Crippen LogP contribution in [0.3, 0.4) is 0 Å². The highest BCUT2D eigenvalue weighted by molar-refractivity contribution is 9.10. The van der Waals surface area contributed by atoms with E-state index in [1.54, 1.807) is 0 Å². The van der Waals surface area contributed by atoms with Crippen molar-refractivity contribution in [3.63, 3.8) is 0 Å². The van der Waals surface area contributed by atoms with Crippen molar-refractivity contribution in [3.8, 4) is 0 Å². The van der Waals surface area contributed by atoms with Crippen LogP contribution in [0.15, 0.2) is 27.8 Å². The van der Waals surface area contributed by atoms with Gasteiger partial charge in [-0.05, 0) is 37.0 Å². The van der Waals surface area contributed by atoms with Crippen LogP contribution in [-0.2, 0) is 16.1 Å². The van der Waals surface area contributed by atoms with Crippen LogP contribution in [0.25, 0.3) is 0 Å². The number of hydrogen-bond acceptors (Lipinski definition) is 3. The van der Waals surface area contributed by atoms with Gasteiger partial charge in [0.2, 0.25) is 0 Å². The number of carbonyl (C=O) groups excluding carboxylic acids is 1. The van der Waals surface area contributed by atoms with Gasteiger partial charge in [0.1, 0.15) is 0 Å². The van der Waals surface area contributed by atoms with E-state index in [9.17, 15) is 4.79 Å². The van der Waals surface area contributed by atoms with Crippen molar-refractivity contribution in [3.05, 3.63) is 33.8 Å². The van der Waals surface area contributed by atoms with Crippen molar-refractivity contribution in [1.29, 1.82) is 0 Å². The Morgan fingerprint density at radius 1 is 1.44 bits per heavy atom. The van der Waals surface area contributed by atoms with Gasteiger partial charge in [0.05, 0.1) is 5.71 Å². The minimum atomic E-state index is -0.380. The predicted molar refractivity (Wildman–Crippen MR) is 65.4 cm³/mol. The highest BCUT2D eigenvalue weighted by atomic mass is 79.9. The van der Waals surface area contributed by atoms with Gasteiger partial charge < -0.3 is 4.84 Å². The fourth-order valence-electron chi connectivity index (χ4n) is 1.83. The second-order valence-corrected chi connectivity index (χ2v) is 4.69. The fraction of sp³-hybridized carbons (Fsp3) is 0.333. The van der Waals surface area contributed by atoms with Gasteiger partial charge in [-0.1, -0.05) is 27.2 Å². The van der Waals surface area contributed by atoms with Crippen LogP contribution in [-0.4, -0.2) is 11.7 Å². The zero-order valence-electron chi connectivity index (χ0n) is 9.00. The topological polar surface area (TPSA) is 38.7 Å². The molecule has 0 amide bonds. The maximum Gasteiger partial charge on any atom is 0.331 e. The zero-order chi connectivity index (χ0) is 11.5. The van der Waals surface area contributed by atoms with Crippen molar-refractivity contribution in [2.45, 2.75) is 26.2 Å². The normalized spacial score (nSPS) is 17.0. The lowest BCUT2D eigenvalue weighted by Crippen LogP contribution is -2.13. The van der Waals surface area contributed by atoms with Gasteiger partial charge in [-0.15, -0.1) is 0 Å². The third kappa shape index (κ3) is 2.50. The number of nitrogens with zero attached hydrogens (tertiary/aromatic N) is 1. The molecule has 0 aliphatic heterocycles. The molecular formula is C12H12BrNO2. The summed E-state index contributed by atoms with van der Waals surface area (Å²) in [5.41, 5.74) is 3.21. The maximum absolute atomic E-state index is 10.7. The van der Waals surface area contributed by atoms with Crippen molar-refractivity contribution in [2.24, 2.45) is 5.16 Å². The Labute approximate surface area is 103 Å². The van der Waals surface area contributed by atoms with Gasteiger partial charge in [-0.25, -0.2) is 4.79 Å². The van der Waals surface area contributed by atoms with Crippen LogP contribution in [0.1, 0.15) is 30.9 Å². The number of oxime groups is 1. The predicted octanol–water partition coefficient (Wildman–Crippen LogP) is 3.05. The molecule has 0 N–H and O–H groups in total. The van der Waals surface area contributed by atoms with Crippen LogP contribution in [0.4, 0.5) is 0 Å².